The van der Waals surface area contributed by atoms with Crippen LogP contribution >= 0.6 is 0 Å². The summed E-state index contributed by atoms with van der Waals surface area (Å²) in [5.41, 5.74) is 5.04. The van der Waals surface area contributed by atoms with Gasteiger partial charge in [0.05, 0.1) is 11.3 Å². The summed E-state index contributed by atoms with van der Waals surface area (Å²) in [5, 5.41) is 9.25. The first-order chi connectivity index (χ1) is 17.5. The van der Waals surface area contributed by atoms with Crippen LogP contribution in [0.15, 0.2) is 103 Å². The van der Waals surface area contributed by atoms with E-state index in [1.54, 1.807) is 17.0 Å². The molecule has 1 atom stereocenters. The number of hydrogen-bond acceptors (Lipinski definition) is 4. The third kappa shape index (κ3) is 4.53. The lowest BCUT2D eigenvalue weighted by Gasteiger charge is -2.46. The molecule has 6 nitrogen and oxygen atoms in total. The van der Waals surface area contributed by atoms with E-state index >= 15 is 0 Å². The number of carboxylic acid groups (broad SMARTS) is 1. The number of nitrogens with zero attached hydrogens (tertiary/aromatic N) is 2. The number of rotatable bonds is 7. The molecule has 4 aromatic carbocycles. The smallest absolute Gasteiger partial charge is 0.341 e. The summed E-state index contributed by atoms with van der Waals surface area (Å²) in [4.78, 5) is 29.3. The van der Waals surface area contributed by atoms with Gasteiger partial charge in [0.1, 0.15) is 11.9 Å². The Kier molecular flexibility index (Phi) is 6.41. The van der Waals surface area contributed by atoms with E-state index in [4.69, 9.17) is 4.74 Å². The monoisotopic (exact) mass is 478 g/mol. The van der Waals surface area contributed by atoms with Crippen LogP contribution in [0.1, 0.15) is 33.2 Å². The lowest BCUT2D eigenvalue weighted by molar-refractivity contribution is -0.139. The number of benzene rings is 4. The normalized spacial score (nSPS) is 14.9. The van der Waals surface area contributed by atoms with Crippen LogP contribution in [0.2, 0.25) is 0 Å². The fourth-order valence-corrected chi connectivity index (χ4v) is 4.60. The lowest BCUT2D eigenvalue weighted by atomic mass is 9.98. The molecule has 0 saturated carbocycles. The number of carbonyl (C=O) groups excluding carboxylic acids is 1. The highest BCUT2D eigenvalue weighted by Gasteiger charge is 2.40. The minimum absolute atomic E-state index is 0.128. The highest BCUT2D eigenvalue weighted by Crippen LogP contribution is 2.44. The molecule has 0 fully saturated rings. The van der Waals surface area contributed by atoms with Crippen LogP contribution in [-0.2, 0) is 11.3 Å². The fraction of sp³-hybridized carbons (Fsp3) is 0.133. The second-order valence-corrected chi connectivity index (χ2v) is 8.74. The number of carbonyl (C=O) groups is 2. The van der Waals surface area contributed by atoms with Crippen LogP contribution in [-0.4, -0.2) is 23.6 Å². The molecule has 4 aromatic rings. The number of hydrogen-bond donors (Lipinski definition) is 1. The zero-order valence-corrected chi connectivity index (χ0v) is 19.9. The molecule has 36 heavy (non-hydrogen) atoms. The molecular weight excluding hydrogens is 452 g/mol. The quantitative estimate of drug-likeness (QED) is 0.362. The summed E-state index contributed by atoms with van der Waals surface area (Å²) >= 11 is 0. The van der Waals surface area contributed by atoms with Crippen LogP contribution in [0.4, 0.5) is 11.4 Å². The third-order valence-corrected chi connectivity index (χ3v) is 6.26. The van der Waals surface area contributed by atoms with Crippen molar-refractivity contribution in [2.75, 3.05) is 16.4 Å². The molecule has 0 saturated heterocycles. The second-order valence-electron chi connectivity index (χ2n) is 8.74. The van der Waals surface area contributed by atoms with Gasteiger partial charge in [0.15, 0.2) is 6.61 Å². The number of para-hydroxylation sites is 2. The summed E-state index contributed by atoms with van der Waals surface area (Å²) < 4.78 is 5.71. The van der Waals surface area contributed by atoms with Crippen LogP contribution in [0.5, 0.6) is 5.75 Å². The summed E-state index contributed by atoms with van der Waals surface area (Å²) in [5.74, 6) is -0.768. The molecule has 1 aliphatic rings. The van der Waals surface area contributed by atoms with E-state index in [9.17, 15) is 14.7 Å². The van der Waals surface area contributed by atoms with Crippen molar-refractivity contribution in [1.82, 2.24) is 0 Å². The lowest BCUT2D eigenvalue weighted by Crippen LogP contribution is -2.49. The molecular formula is C30H26N2O4. The molecule has 1 heterocycles. The van der Waals surface area contributed by atoms with Crippen LogP contribution in [0, 0.1) is 6.92 Å². The van der Waals surface area contributed by atoms with Crippen molar-refractivity contribution in [2.24, 2.45) is 0 Å². The van der Waals surface area contributed by atoms with Gasteiger partial charge in [-0.2, -0.15) is 0 Å². The Morgan fingerprint density at radius 1 is 0.861 bits per heavy atom. The van der Waals surface area contributed by atoms with E-state index in [1.807, 2.05) is 85.8 Å². The van der Waals surface area contributed by atoms with E-state index in [-0.39, 0.29) is 5.91 Å². The van der Waals surface area contributed by atoms with E-state index in [0.29, 0.717) is 23.4 Å². The minimum atomic E-state index is -1.06. The third-order valence-electron chi connectivity index (χ3n) is 6.26. The standard InChI is InChI=1S/C30H26N2O4/c1-21-15-17-23(18-16-21)32-29(25-12-6-8-14-27(25)36-20-28(33)34)31(19-22-9-3-2-4-10-22)26-13-7-5-11-24(26)30(32)35/h2-18,29H,19-20H2,1H3,(H,33,34)/t29-/m0/s1. The van der Waals surface area contributed by atoms with Gasteiger partial charge in [-0.25, -0.2) is 4.79 Å². The van der Waals surface area contributed by atoms with Crippen molar-refractivity contribution in [2.45, 2.75) is 19.6 Å². The van der Waals surface area contributed by atoms with Crippen molar-refractivity contribution >= 4 is 23.3 Å². The Morgan fingerprint density at radius 3 is 2.28 bits per heavy atom. The summed E-state index contributed by atoms with van der Waals surface area (Å²) in [6, 6.07) is 32.8. The van der Waals surface area contributed by atoms with E-state index < -0.39 is 18.7 Å². The zero-order valence-electron chi connectivity index (χ0n) is 19.9. The van der Waals surface area contributed by atoms with Gasteiger partial charge in [-0.15, -0.1) is 0 Å². The van der Waals surface area contributed by atoms with Gasteiger partial charge in [-0.1, -0.05) is 78.4 Å². The van der Waals surface area contributed by atoms with Gasteiger partial charge in [0, 0.05) is 17.8 Å². The largest absolute Gasteiger partial charge is 0.481 e. The maximum absolute atomic E-state index is 14.0. The summed E-state index contributed by atoms with van der Waals surface area (Å²) in [6.07, 6.45) is -0.569. The maximum Gasteiger partial charge on any atom is 0.341 e. The number of fused-ring (bicyclic) bond motifs is 1. The van der Waals surface area contributed by atoms with Gasteiger partial charge < -0.3 is 14.7 Å². The number of carboxylic acids is 1. The molecule has 0 radical (unpaired) electrons. The van der Waals surface area contributed by atoms with E-state index in [1.165, 1.54) is 0 Å². The molecule has 5 rings (SSSR count). The van der Waals surface area contributed by atoms with Crippen molar-refractivity contribution < 1.29 is 19.4 Å². The highest BCUT2D eigenvalue weighted by atomic mass is 16.5. The van der Waals surface area contributed by atoms with E-state index in [0.717, 1.165) is 22.5 Å². The number of aliphatic carboxylic acids is 1. The highest BCUT2D eigenvalue weighted by molar-refractivity contribution is 6.12. The Hall–Kier alpha value is -4.58. The summed E-state index contributed by atoms with van der Waals surface area (Å²) in [7, 11) is 0. The number of aryl methyl sites for hydroxylation is 1. The predicted octanol–water partition coefficient (Wildman–Crippen LogP) is 5.82. The molecule has 1 N–H and O–H groups in total. The molecule has 0 spiro atoms. The predicted molar refractivity (Wildman–Crippen MR) is 139 cm³/mol. The van der Waals surface area contributed by atoms with Crippen LogP contribution in [0.25, 0.3) is 0 Å². The molecule has 180 valence electrons. The first-order valence-corrected chi connectivity index (χ1v) is 11.8. The van der Waals surface area contributed by atoms with Crippen LogP contribution < -0.4 is 14.5 Å². The van der Waals surface area contributed by atoms with Gasteiger partial charge in [0.2, 0.25) is 0 Å². The number of anilines is 2. The average Bonchev–Trinajstić information content (AvgIpc) is 2.90. The Bertz CT molecular complexity index is 1390. The second kappa shape index (κ2) is 9.96. The van der Waals surface area contributed by atoms with E-state index in [2.05, 4.69) is 17.0 Å². The first-order valence-electron chi connectivity index (χ1n) is 11.8. The van der Waals surface area contributed by atoms with Crippen molar-refractivity contribution in [3.63, 3.8) is 0 Å². The molecule has 0 aliphatic carbocycles. The number of amides is 1. The SMILES string of the molecule is Cc1ccc(N2C(=O)c3ccccc3N(Cc3ccccc3)[C@@H]2c2ccccc2OCC(=O)O)cc1. The van der Waals surface area contributed by atoms with Gasteiger partial charge >= 0.3 is 5.97 Å². The Balaban J connectivity index is 1.72. The fourth-order valence-electron chi connectivity index (χ4n) is 4.60. The molecule has 6 heteroatoms. The van der Waals surface area contributed by atoms with Gasteiger partial charge in [-0.3, -0.25) is 9.69 Å². The molecule has 0 bridgehead atoms. The van der Waals surface area contributed by atoms with Crippen molar-refractivity contribution in [1.29, 1.82) is 0 Å². The van der Waals surface area contributed by atoms with Crippen molar-refractivity contribution in [3.8, 4) is 5.75 Å². The number of ether oxygens (including phenoxy) is 1. The van der Waals surface area contributed by atoms with Gasteiger partial charge in [0.25, 0.3) is 5.91 Å². The molecule has 1 amide bonds. The molecule has 1 aliphatic heterocycles. The summed E-state index contributed by atoms with van der Waals surface area (Å²) in [6.45, 7) is 2.06. The molecule has 0 unspecified atom stereocenters. The zero-order chi connectivity index (χ0) is 25.1. The Morgan fingerprint density at radius 2 is 1.53 bits per heavy atom. The van der Waals surface area contributed by atoms with Crippen LogP contribution in [0.3, 0.4) is 0 Å². The minimum Gasteiger partial charge on any atom is -0.481 e. The first kappa shape index (κ1) is 23.2. The van der Waals surface area contributed by atoms with Gasteiger partial charge in [-0.05, 0) is 42.8 Å². The molecule has 0 aromatic heterocycles. The topological polar surface area (TPSA) is 70.1 Å². The van der Waals surface area contributed by atoms with Crippen molar-refractivity contribution in [3.05, 3.63) is 125 Å². The maximum atomic E-state index is 14.0. The Labute approximate surface area is 210 Å². The average molecular weight is 479 g/mol.